The number of nitrogens with two attached hydrogens (primary N) is 1. The van der Waals surface area contributed by atoms with E-state index in [1.807, 2.05) is 20.9 Å². The van der Waals surface area contributed by atoms with Crippen molar-refractivity contribution < 1.29 is 4.79 Å². The van der Waals surface area contributed by atoms with E-state index >= 15 is 0 Å². The monoisotopic (exact) mass is 227 g/mol. The molecular weight excluding hydrogens is 202 g/mol. The van der Waals surface area contributed by atoms with E-state index in [1.165, 1.54) is 12.8 Å². The van der Waals surface area contributed by atoms with E-state index in [0.717, 1.165) is 19.5 Å². The van der Waals surface area contributed by atoms with Gasteiger partial charge in [0, 0.05) is 25.7 Å². The zero-order chi connectivity index (χ0) is 12.1. The fourth-order valence-corrected chi connectivity index (χ4v) is 2.28. The molecule has 1 fully saturated rings. The van der Waals surface area contributed by atoms with Crippen LogP contribution in [0.4, 0.5) is 0 Å². The topological polar surface area (TPSA) is 49.6 Å². The number of likely N-dealkylation sites (tertiary alicyclic amines) is 1. The number of carbonyl (C=O) groups is 1. The highest BCUT2D eigenvalue weighted by Gasteiger charge is 2.27. The van der Waals surface area contributed by atoms with Crippen molar-refractivity contribution in [3.8, 4) is 0 Å². The van der Waals surface area contributed by atoms with Crippen LogP contribution >= 0.6 is 0 Å². The Morgan fingerprint density at radius 1 is 1.56 bits per heavy atom. The molecule has 4 heteroatoms. The molecule has 0 bridgehead atoms. The molecule has 0 aliphatic carbocycles. The van der Waals surface area contributed by atoms with Gasteiger partial charge in [-0.3, -0.25) is 9.69 Å². The maximum Gasteiger partial charge on any atom is 0.236 e. The Labute approximate surface area is 98.8 Å². The SMILES string of the molecule is CCN(C)C(=O)CN1CCCCC1C(C)N. The van der Waals surface area contributed by atoms with Gasteiger partial charge in [-0.2, -0.15) is 0 Å². The molecule has 2 N–H and O–H groups in total. The van der Waals surface area contributed by atoms with Crippen molar-refractivity contribution in [3.05, 3.63) is 0 Å². The summed E-state index contributed by atoms with van der Waals surface area (Å²) in [7, 11) is 1.85. The molecule has 1 heterocycles. The normalized spacial score (nSPS) is 24.1. The number of piperidine rings is 1. The van der Waals surface area contributed by atoms with E-state index in [0.29, 0.717) is 12.6 Å². The molecule has 1 aliphatic heterocycles. The van der Waals surface area contributed by atoms with Crippen molar-refractivity contribution in [2.24, 2.45) is 5.73 Å². The van der Waals surface area contributed by atoms with Crippen LogP contribution in [-0.4, -0.2) is 54.5 Å². The van der Waals surface area contributed by atoms with Crippen LogP contribution in [0.15, 0.2) is 0 Å². The summed E-state index contributed by atoms with van der Waals surface area (Å²) in [4.78, 5) is 15.9. The molecule has 0 aromatic carbocycles. The van der Waals surface area contributed by atoms with Crippen LogP contribution in [0, 0.1) is 0 Å². The van der Waals surface area contributed by atoms with E-state index in [1.54, 1.807) is 4.90 Å². The highest BCUT2D eigenvalue weighted by Crippen LogP contribution is 2.18. The maximum absolute atomic E-state index is 11.9. The zero-order valence-corrected chi connectivity index (χ0v) is 10.8. The Bertz CT molecular complexity index is 230. The summed E-state index contributed by atoms with van der Waals surface area (Å²) < 4.78 is 0. The third kappa shape index (κ3) is 3.46. The van der Waals surface area contributed by atoms with Crippen LogP contribution in [0.1, 0.15) is 33.1 Å². The molecule has 0 radical (unpaired) electrons. The van der Waals surface area contributed by atoms with Gasteiger partial charge in [-0.05, 0) is 33.2 Å². The lowest BCUT2D eigenvalue weighted by atomic mass is 9.97. The Balaban J connectivity index is 2.52. The second kappa shape index (κ2) is 6.21. The summed E-state index contributed by atoms with van der Waals surface area (Å²) >= 11 is 0. The molecule has 1 saturated heterocycles. The quantitative estimate of drug-likeness (QED) is 0.768. The fourth-order valence-electron chi connectivity index (χ4n) is 2.28. The van der Waals surface area contributed by atoms with E-state index in [9.17, 15) is 4.79 Å². The molecule has 1 amide bonds. The minimum Gasteiger partial charge on any atom is -0.345 e. The van der Waals surface area contributed by atoms with Crippen LogP contribution in [0.5, 0.6) is 0 Å². The fraction of sp³-hybridized carbons (Fsp3) is 0.917. The molecule has 1 rings (SSSR count). The van der Waals surface area contributed by atoms with Crippen LogP contribution < -0.4 is 5.73 Å². The number of amides is 1. The van der Waals surface area contributed by atoms with Gasteiger partial charge < -0.3 is 10.6 Å². The summed E-state index contributed by atoms with van der Waals surface area (Å²) in [5.41, 5.74) is 5.98. The van der Waals surface area contributed by atoms with Gasteiger partial charge in [0.2, 0.25) is 5.91 Å². The van der Waals surface area contributed by atoms with Gasteiger partial charge in [-0.1, -0.05) is 6.42 Å². The van der Waals surface area contributed by atoms with Crippen molar-refractivity contribution in [2.75, 3.05) is 26.7 Å². The van der Waals surface area contributed by atoms with Crippen molar-refractivity contribution >= 4 is 5.91 Å². The summed E-state index contributed by atoms with van der Waals surface area (Å²) in [6, 6.07) is 0.531. The number of carbonyl (C=O) groups excluding carboxylic acids is 1. The number of nitrogens with zero attached hydrogens (tertiary/aromatic N) is 2. The molecule has 0 aromatic rings. The van der Waals surface area contributed by atoms with Gasteiger partial charge in [0.25, 0.3) is 0 Å². The highest BCUT2D eigenvalue weighted by atomic mass is 16.2. The average molecular weight is 227 g/mol. The largest absolute Gasteiger partial charge is 0.345 e. The Kier molecular flexibility index (Phi) is 5.22. The van der Waals surface area contributed by atoms with Crippen LogP contribution in [-0.2, 0) is 4.79 Å². The predicted octanol–water partition coefficient (Wildman–Crippen LogP) is 0.666. The summed E-state index contributed by atoms with van der Waals surface area (Å²) in [5, 5.41) is 0. The number of hydrogen-bond acceptors (Lipinski definition) is 3. The second-order valence-electron chi connectivity index (χ2n) is 4.80. The first-order valence-electron chi connectivity index (χ1n) is 6.29. The molecular formula is C12H25N3O. The van der Waals surface area contributed by atoms with Gasteiger partial charge in [-0.15, -0.1) is 0 Å². The summed E-state index contributed by atoms with van der Waals surface area (Å²) in [6.07, 6.45) is 3.55. The van der Waals surface area contributed by atoms with E-state index in [4.69, 9.17) is 5.73 Å². The molecule has 16 heavy (non-hydrogen) atoms. The first-order chi connectivity index (χ1) is 7.56. The highest BCUT2D eigenvalue weighted by molar-refractivity contribution is 5.78. The lowest BCUT2D eigenvalue weighted by Crippen LogP contribution is -2.52. The Hall–Kier alpha value is -0.610. The summed E-state index contributed by atoms with van der Waals surface area (Å²) in [6.45, 7) is 6.34. The third-order valence-corrected chi connectivity index (χ3v) is 3.51. The molecule has 0 spiro atoms. The van der Waals surface area contributed by atoms with Gasteiger partial charge in [0.05, 0.1) is 6.54 Å². The minimum absolute atomic E-state index is 0.153. The lowest BCUT2D eigenvalue weighted by Gasteiger charge is -2.38. The van der Waals surface area contributed by atoms with Crippen LogP contribution in [0.25, 0.3) is 0 Å². The first kappa shape index (κ1) is 13.5. The van der Waals surface area contributed by atoms with E-state index in [2.05, 4.69) is 4.90 Å². The number of likely N-dealkylation sites (N-methyl/N-ethyl adjacent to an activating group) is 1. The average Bonchev–Trinajstić information content (AvgIpc) is 2.28. The minimum atomic E-state index is 0.153. The molecule has 0 saturated carbocycles. The van der Waals surface area contributed by atoms with Gasteiger partial charge in [-0.25, -0.2) is 0 Å². The molecule has 1 aliphatic rings. The van der Waals surface area contributed by atoms with Crippen LogP contribution in [0.3, 0.4) is 0 Å². The molecule has 0 aromatic heterocycles. The van der Waals surface area contributed by atoms with Crippen molar-refractivity contribution in [1.82, 2.24) is 9.80 Å². The number of rotatable bonds is 4. The van der Waals surface area contributed by atoms with Crippen LogP contribution in [0.2, 0.25) is 0 Å². The zero-order valence-electron chi connectivity index (χ0n) is 10.8. The van der Waals surface area contributed by atoms with E-state index < -0.39 is 0 Å². The Morgan fingerprint density at radius 3 is 2.81 bits per heavy atom. The predicted molar refractivity (Wildman–Crippen MR) is 66.2 cm³/mol. The van der Waals surface area contributed by atoms with Gasteiger partial charge >= 0.3 is 0 Å². The molecule has 2 unspecified atom stereocenters. The number of hydrogen-bond donors (Lipinski definition) is 1. The molecule has 94 valence electrons. The van der Waals surface area contributed by atoms with Crippen molar-refractivity contribution in [3.63, 3.8) is 0 Å². The van der Waals surface area contributed by atoms with Crippen molar-refractivity contribution in [1.29, 1.82) is 0 Å². The Morgan fingerprint density at radius 2 is 2.25 bits per heavy atom. The second-order valence-corrected chi connectivity index (χ2v) is 4.80. The van der Waals surface area contributed by atoms with Gasteiger partial charge in [0.1, 0.15) is 0 Å². The lowest BCUT2D eigenvalue weighted by molar-refractivity contribution is -0.132. The molecule has 2 atom stereocenters. The standard InChI is InChI=1S/C12H25N3O/c1-4-14(3)12(16)9-15-8-6-5-7-11(15)10(2)13/h10-11H,4-9,13H2,1-3H3. The first-order valence-corrected chi connectivity index (χ1v) is 6.29. The molecule has 4 nitrogen and oxygen atoms in total. The summed E-state index contributed by atoms with van der Waals surface area (Å²) in [5.74, 6) is 0.204. The third-order valence-electron chi connectivity index (χ3n) is 3.51. The van der Waals surface area contributed by atoms with Gasteiger partial charge in [0.15, 0.2) is 0 Å². The maximum atomic E-state index is 11.9. The van der Waals surface area contributed by atoms with E-state index in [-0.39, 0.29) is 11.9 Å². The van der Waals surface area contributed by atoms with Crippen molar-refractivity contribution in [2.45, 2.75) is 45.2 Å². The smallest absolute Gasteiger partial charge is 0.236 e.